The maximum absolute atomic E-state index is 13.9. The number of nitrogens with zero attached hydrogens (tertiary/aromatic N) is 2. The molecule has 0 aromatic heterocycles. The number of carbonyl (C=O) groups is 2. The first-order chi connectivity index (χ1) is 27.5. The topological polar surface area (TPSA) is 168 Å². The van der Waals surface area contributed by atoms with Crippen LogP contribution >= 0.6 is 0 Å². The third-order valence-corrected chi connectivity index (χ3v) is 11.5. The van der Waals surface area contributed by atoms with E-state index < -0.39 is 54.4 Å². The van der Waals surface area contributed by atoms with Crippen LogP contribution in [0.2, 0.25) is 0 Å². The summed E-state index contributed by atoms with van der Waals surface area (Å²) < 4.78 is 17.6. The minimum Gasteiger partial charge on any atom is -0.490 e. The van der Waals surface area contributed by atoms with Gasteiger partial charge in [0.25, 0.3) is 5.91 Å². The number of likely N-dealkylation sites (tertiary alicyclic amines) is 1. The first-order valence-corrected chi connectivity index (χ1v) is 21.0. The van der Waals surface area contributed by atoms with Crippen molar-refractivity contribution in [2.45, 2.75) is 131 Å². The molecule has 12 heteroatoms. The lowest BCUT2D eigenvalue weighted by Crippen LogP contribution is -2.45. The van der Waals surface area contributed by atoms with Crippen molar-refractivity contribution < 1.29 is 49.1 Å². The lowest BCUT2D eigenvalue weighted by molar-refractivity contribution is -0.161. The number of hydrogen-bond acceptors (Lipinski definition) is 11. The highest BCUT2D eigenvalue weighted by Crippen LogP contribution is 2.30. The number of oxime groups is 1. The van der Waals surface area contributed by atoms with Gasteiger partial charge < -0.3 is 44.4 Å². The van der Waals surface area contributed by atoms with Gasteiger partial charge in [0.05, 0.1) is 37.2 Å². The smallest absolute Gasteiger partial charge is 0.373 e. The maximum Gasteiger partial charge on any atom is 0.373 e. The van der Waals surface area contributed by atoms with E-state index >= 15 is 0 Å². The average Bonchev–Trinajstić information content (AvgIpc) is 3.20. The Bertz CT molecular complexity index is 1490. The molecule has 2 rings (SSSR count). The average molecular weight is 815 g/mol. The van der Waals surface area contributed by atoms with E-state index in [1.807, 2.05) is 59.8 Å². The lowest BCUT2D eigenvalue weighted by Gasteiger charge is -2.34. The largest absolute Gasteiger partial charge is 0.490 e. The Morgan fingerprint density at radius 2 is 1.72 bits per heavy atom. The van der Waals surface area contributed by atoms with Crippen LogP contribution in [0, 0.1) is 35.5 Å². The molecule has 0 saturated carbocycles. The Hall–Kier alpha value is -3.55. The molecule has 2 heterocycles. The quantitative estimate of drug-likeness (QED) is 0.0661. The molecule has 0 aliphatic carbocycles. The highest BCUT2D eigenvalue weighted by atomic mass is 16.6. The highest BCUT2D eigenvalue weighted by molar-refractivity contribution is 5.96. The van der Waals surface area contributed by atoms with Crippen LogP contribution in [0.15, 0.2) is 76.7 Å². The summed E-state index contributed by atoms with van der Waals surface area (Å²) >= 11 is 0. The van der Waals surface area contributed by atoms with Gasteiger partial charge >= 0.3 is 5.97 Å². The van der Waals surface area contributed by atoms with Gasteiger partial charge in [0.15, 0.2) is 6.61 Å². The number of ether oxygens (including phenoxy) is 3. The standard InChI is InChI=1S/C46H74N2O10/c1-12-18-38(49)31(5)21-22-37(47-57-28-41(50)48-23-15-14-16-24-48)34(8)44(53)35(9)45-39(55-10)20-17-19-29(3)25-32(6)42(51)36(13-2)43(52)33(7)26-30(4)27-40(56-11)46(54)58-45/h12,17-22,26-27,31-36,38-39,42-45,49,51-53H,13-16,23-25,28H2,1-11H3/b18-12+,20-17+,22-21+,29-19+,30-26+,40-27-,47-37+. The van der Waals surface area contributed by atoms with E-state index in [0.717, 1.165) is 24.8 Å². The minimum atomic E-state index is -1.17. The Morgan fingerprint density at radius 3 is 2.33 bits per heavy atom. The second kappa shape index (κ2) is 25.8. The molecule has 0 aromatic rings. The van der Waals surface area contributed by atoms with Crippen LogP contribution in [0.1, 0.15) is 94.4 Å². The fourth-order valence-electron chi connectivity index (χ4n) is 7.69. The molecule has 12 atom stereocenters. The van der Waals surface area contributed by atoms with Crippen LogP contribution in [0.4, 0.5) is 0 Å². The number of allylic oxidation sites excluding steroid dienone is 7. The fraction of sp³-hybridized carbons (Fsp3) is 0.674. The lowest BCUT2D eigenvalue weighted by atomic mass is 9.79. The molecule has 0 aromatic carbocycles. The van der Waals surface area contributed by atoms with Gasteiger partial charge in [-0.25, -0.2) is 4.79 Å². The van der Waals surface area contributed by atoms with E-state index in [9.17, 15) is 30.0 Å². The number of rotatable bonds is 14. The van der Waals surface area contributed by atoms with E-state index in [2.05, 4.69) is 5.16 Å². The molecule has 2 aliphatic rings. The number of hydrogen-bond donors (Lipinski definition) is 4. The molecule has 0 bridgehead atoms. The third kappa shape index (κ3) is 15.6. The molecule has 2 aliphatic heterocycles. The number of carbonyl (C=O) groups excluding carboxylic acids is 2. The fourth-order valence-corrected chi connectivity index (χ4v) is 7.69. The van der Waals surface area contributed by atoms with Crippen molar-refractivity contribution in [3.8, 4) is 0 Å². The van der Waals surface area contributed by atoms with Gasteiger partial charge in [0.1, 0.15) is 12.2 Å². The molecule has 1 saturated heterocycles. The van der Waals surface area contributed by atoms with Gasteiger partial charge in [-0.1, -0.05) is 100 Å². The molecule has 0 spiro atoms. The van der Waals surface area contributed by atoms with Gasteiger partial charge in [-0.2, -0.15) is 0 Å². The van der Waals surface area contributed by atoms with Gasteiger partial charge in [0, 0.05) is 49.8 Å². The molecular formula is C46H74N2O10. The number of methoxy groups -OCH3 is 2. The van der Waals surface area contributed by atoms with Crippen molar-refractivity contribution in [1.29, 1.82) is 0 Å². The predicted molar refractivity (Wildman–Crippen MR) is 228 cm³/mol. The van der Waals surface area contributed by atoms with Crippen molar-refractivity contribution in [3.05, 3.63) is 71.6 Å². The van der Waals surface area contributed by atoms with Gasteiger partial charge in [0.2, 0.25) is 5.76 Å². The van der Waals surface area contributed by atoms with Crippen LogP contribution in [0.5, 0.6) is 0 Å². The number of aliphatic hydroxyl groups excluding tert-OH is 4. The zero-order valence-corrected chi connectivity index (χ0v) is 36.9. The van der Waals surface area contributed by atoms with Crippen molar-refractivity contribution in [3.63, 3.8) is 0 Å². The predicted octanol–water partition coefficient (Wildman–Crippen LogP) is 6.46. The Labute approximate surface area is 348 Å². The minimum absolute atomic E-state index is 0.0859. The van der Waals surface area contributed by atoms with Crippen LogP contribution in [0.25, 0.3) is 0 Å². The molecular weight excluding hydrogens is 741 g/mol. The normalized spacial score (nSPS) is 32.2. The molecule has 0 radical (unpaired) electrons. The monoisotopic (exact) mass is 815 g/mol. The number of aliphatic hydroxyl groups is 4. The zero-order valence-electron chi connectivity index (χ0n) is 36.9. The number of amides is 1. The molecule has 12 unspecified atom stereocenters. The summed E-state index contributed by atoms with van der Waals surface area (Å²) in [5.41, 5.74) is 1.97. The van der Waals surface area contributed by atoms with E-state index in [-0.39, 0.29) is 41.9 Å². The molecule has 328 valence electrons. The Morgan fingerprint density at radius 1 is 1.05 bits per heavy atom. The molecule has 1 fully saturated rings. The number of esters is 1. The molecule has 4 N–H and O–H groups in total. The van der Waals surface area contributed by atoms with Crippen LogP contribution in [0.3, 0.4) is 0 Å². The summed E-state index contributed by atoms with van der Waals surface area (Å²) in [4.78, 5) is 34.1. The van der Waals surface area contributed by atoms with Crippen molar-refractivity contribution in [1.82, 2.24) is 4.90 Å². The SMILES string of the molecule is C/C=C/C(O)C(C)/C=C/C(=N\OCC(=O)N1CCCCC1)C(C)C(O)C(C)C1OC(=O)/C(OC)=C/C(C)=C/C(C)C(O)C(CC)C(O)C(C)C/C(C)=C/C=C/C1OC. The summed E-state index contributed by atoms with van der Waals surface area (Å²) in [6.07, 6.45) is 14.6. The van der Waals surface area contributed by atoms with E-state index in [1.165, 1.54) is 14.2 Å². The molecule has 1 amide bonds. The zero-order chi connectivity index (χ0) is 43.5. The maximum atomic E-state index is 13.9. The summed E-state index contributed by atoms with van der Waals surface area (Å²) in [7, 11) is 2.86. The summed E-state index contributed by atoms with van der Waals surface area (Å²) in [6.45, 7) is 17.9. The van der Waals surface area contributed by atoms with Crippen molar-refractivity contribution in [2.75, 3.05) is 33.9 Å². The Balaban J connectivity index is 2.59. The molecule has 58 heavy (non-hydrogen) atoms. The van der Waals surface area contributed by atoms with Crippen LogP contribution in [-0.2, 0) is 28.6 Å². The van der Waals surface area contributed by atoms with Crippen LogP contribution < -0.4 is 0 Å². The van der Waals surface area contributed by atoms with Crippen molar-refractivity contribution in [2.24, 2.45) is 40.7 Å². The van der Waals surface area contributed by atoms with E-state index in [1.54, 1.807) is 62.1 Å². The van der Waals surface area contributed by atoms with E-state index in [4.69, 9.17) is 19.0 Å². The first-order valence-electron chi connectivity index (χ1n) is 21.0. The second-order valence-corrected chi connectivity index (χ2v) is 16.3. The summed E-state index contributed by atoms with van der Waals surface area (Å²) in [5.74, 6) is -3.62. The van der Waals surface area contributed by atoms with Gasteiger partial charge in [-0.3, -0.25) is 4.79 Å². The van der Waals surface area contributed by atoms with Crippen molar-refractivity contribution >= 4 is 17.6 Å². The summed E-state index contributed by atoms with van der Waals surface area (Å²) in [5, 5.41) is 49.6. The number of cyclic esters (lactones) is 1. The first kappa shape index (κ1) is 50.6. The van der Waals surface area contributed by atoms with Gasteiger partial charge in [-0.15, -0.1) is 0 Å². The number of piperidine rings is 1. The second-order valence-electron chi connectivity index (χ2n) is 16.3. The third-order valence-electron chi connectivity index (χ3n) is 11.5. The Kier molecular flexibility index (Phi) is 22.5. The highest BCUT2D eigenvalue weighted by Gasteiger charge is 2.38. The summed E-state index contributed by atoms with van der Waals surface area (Å²) in [6, 6.07) is 0. The van der Waals surface area contributed by atoms with Crippen LogP contribution in [-0.4, -0.2) is 113 Å². The van der Waals surface area contributed by atoms with Gasteiger partial charge in [-0.05, 0) is 70.9 Å². The van der Waals surface area contributed by atoms with E-state index in [0.29, 0.717) is 37.2 Å². The molecule has 12 nitrogen and oxygen atoms in total.